The highest BCUT2D eigenvalue weighted by Gasteiger charge is 2.31. The van der Waals surface area contributed by atoms with Crippen LogP contribution in [0.15, 0.2) is 41.6 Å². The van der Waals surface area contributed by atoms with Crippen LogP contribution in [-0.2, 0) is 11.9 Å². The summed E-state index contributed by atoms with van der Waals surface area (Å²) < 4.78 is 37.5. The predicted octanol–water partition coefficient (Wildman–Crippen LogP) is 4.92. The SMILES string of the molecule is N#Cc1cccc(CSc2ncc(C(F)(F)F)cc2Cl)c1. The van der Waals surface area contributed by atoms with Crippen LogP contribution in [0.2, 0.25) is 5.02 Å². The maximum atomic E-state index is 12.5. The van der Waals surface area contributed by atoms with Crippen molar-refractivity contribution in [1.29, 1.82) is 5.26 Å². The van der Waals surface area contributed by atoms with Crippen molar-refractivity contribution >= 4 is 23.4 Å². The van der Waals surface area contributed by atoms with Crippen molar-refractivity contribution in [3.63, 3.8) is 0 Å². The number of rotatable bonds is 3. The fourth-order valence-corrected chi connectivity index (χ4v) is 2.71. The molecule has 0 aliphatic carbocycles. The van der Waals surface area contributed by atoms with E-state index in [0.717, 1.165) is 17.8 Å². The van der Waals surface area contributed by atoms with E-state index in [2.05, 4.69) is 4.98 Å². The van der Waals surface area contributed by atoms with Crippen molar-refractivity contribution < 1.29 is 13.2 Å². The van der Waals surface area contributed by atoms with E-state index < -0.39 is 11.7 Å². The van der Waals surface area contributed by atoms with Crippen LogP contribution in [0.4, 0.5) is 13.2 Å². The topological polar surface area (TPSA) is 36.7 Å². The zero-order valence-corrected chi connectivity index (χ0v) is 12.1. The quantitative estimate of drug-likeness (QED) is 0.750. The lowest BCUT2D eigenvalue weighted by Gasteiger charge is -2.09. The van der Waals surface area contributed by atoms with Crippen LogP contribution in [0.3, 0.4) is 0 Å². The number of nitrogens with zero attached hydrogens (tertiary/aromatic N) is 2. The van der Waals surface area contributed by atoms with Gasteiger partial charge in [-0.1, -0.05) is 23.7 Å². The number of benzene rings is 1. The van der Waals surface area contributed by atoms with Gasteiger partial charge in [-0.15, -0.1) is 11.8 Å². The minimum absolute atomic E-state index is 0.0359. The van der Waals surface area contributed by atoms with E-state index in [1.807, 2.05) is 12.1 Å². The van der Waals surface area contributed by atoms with E-state index in [1.54, 1.807) is 18.2 Å². The van der Waals surface area contributed by atoms with Gasteiger partial charge < -0.3 is 0 Å². The fraction of sp³-hybridized carbons (Fsp3) is 0.143. The molecule has 0 saturated carbocycles. The van der Waals surface area contributed by atoms with Crippen molar-refractivity contribution in [1.82, 2.24) is 4.98 Å². The lowest BCUT2D eigenvalue weighted by Crippen LogP contribution is -2.05. The second kappa shape index (κ2) is 6.37. The average Bonchev–Trinajstić information content (AvgIpc) is 2.45. The molecule has 21 heavy (non-hydrogen) atoms. The first-order valence-corrected chi connectivity index (χ1v) is 7.11. The van der Waals surface area contributed by atoms with Gasteiger partial charge in [0.1, 0.15) is 5.03 Å². The molecule has 0 aliphatic heterocycles. The molecule has 0 atom stereocenters. The summed E-state index contributed by atoms with van der Waals surface area (Å²) in [6, 6.07) is 9.85. The van der Waals surface area contributed by atoms with Crippen molar-refractivity contribution in [2.75, 3.05) is 0 Å². The molecule has 1 aromatic heterocycles. The zero-order valence-electron chi connectivity index (χ0n) is 10.5. The van der Waals surface area contributed by atoms with E-state index in [9.17, 15) is 13.2 Å². The Labute approximate surface area is 128 Å². The molecule has 0 unspecified atom stereocenters. The molecule has 0 aliphatic rings. The van der Waals surface area contributed by atoms with Gasteiger partial charge in [-0.3, -0.25) is 0 Å². The van der Waals surface area contributed by atoms with E-state index in [0.29, 0.717) is 16.3 Å². The molecule has 1 aromatic carbocycles. The van der Waals surface area contributed by atoms with Gasteiger partial charge in [-0.05, 0) is 23.8 Å². The third kappa shape index (κ3) is 4.13. The number of thioether (sulfide) groups is 1. The highest BCUT2D eigenvalue weighted by Crippen LogP contribution is 2.34. The van der Waals surface area contributed by atoms with Gasteiger partial charge in [0.2, 0.25) is 0 Å². The summed E-state index contributed by atoms with van der Waals surface area (Å²) in [5.74, 6) is 0.466. The van der Waals surface area contributed by atoms with E-state index in [4.69, 9.17) is 16.9 Å². The fourth-order valence-electron chi connectivity index (χ4n) is 1.57. The molecule has 7 heteroatoms. The van der Waals surface area contributed by atoms with Crippen molar-refractivity contribution in [2.45, 2.75) is 17.0 Å². The minimum atomic E-state index is -4.46. The number of alkyl halides is 3. The number of halogens is 4. The van der Waals surface area contributed by atoms with Crippen LogP contribution in [-0.4, -0.2) is 4.98 Å². The molecule has 0 radical (unpaired) electrons. The van der Waals surface area contributed by atoms with Gasteiger partial charge in [0, 0.05) is 11.9 Å². The number of aromatic nitrogens is 1. The summed E-state index contributed by atoms with van der Waals surface area (Å²) in [6.45, 7) is 0. The summed E-state index contributed by atoms with van der Waals surface area (Å²) in [6.07, 6.45) is -3.69. The molecule has 0 saturated heterocycles. The Morgan fingerprint density at radius 3 is 2.67 bits per heavy atom. The number of nitriles is 1. The van der Waals surface area contributed by atoms with Crippen LogP contribution in [0.5, 0.6) is 0 Å². The molecule has 2 aromatic rings. The first-order valence-electron chi connectivity index (χ1n) is 5.75. The van der Waals surface area contributed by atoms with Crippen LogP contribution in [0, 0.1) is 11.3 Å². The molecule has 0 amide bonds. The van der Waals surface area contributed by atoms with Crippen molar-refractivity contribution in [3.05, 3.63) is 58.2 Å². The molecular formula is C14H8ClF3N2S. The lowest BCUT2D eigenvalue weighted by atomic mass is 10.2. The van der Waals surface area contributed by atoms with Crippen LogP contribution in [0.25, 0.3) is 0 Å². The molecule has 0 N–H and O–H groups in total. The van der Waals surface area contributed by atoms with Gasteiger partial charge in [0.25, 0.3) is 0 Å². The smallest absolute Gasteiger partial charge is 0.248 e. The molecule has 1 heterocycles. The standard InChI is InChI=1S/C14H8ClF3N2S/c15-12-5-11(14(16,17)18)7-20-13(12)21-8-10-3-1-2-9(4-10)6-19/h1-5,7H,8H2. The summed E-state index contributed by atoms with van der Waals surface area (Å²) >= 11 is 7.04. The first kappa shape index (κ1) is 15.7. The molecule has 0 fully saturated rings. The number of hydrogen-bond donors (Lipinski definition) is 0. The molecule has 0 bridgehead atoms. The Bertz CT molecular complexity index is 695. The Balaban J connectivity index is 2.12. The second-order valence-electron chi connectivity index (χ2n) is 4.11. The third-order valence-corrected chi connectivity index (χ3v) is 4.04. The Morgan fingerprint density at radius 1 is 1.29 bits per heavy atom. The Kier molecular flexibility index (Phi) is 4.76. The molecule has 2 nitrogen and oxygen atoms in total. The highest BCUT2D eigenvalue weighted by atomic mass is 35.5. The largest absolute Gasteiger partial charge is 0.417 e. The number of hydrogen-bond acceptors (Lipinski definition) is 3. The van der Waals surface area contributed by atoms with E-state index in [1.165, 1.54) is 11.8 Å². The maximum Gasteiger partial charge on any atom is 0.417 e. The first-order chi connectivity index (χ1) is 9.90. The number of pyridine rings is 1. The third-order valence-electron chi connectivity index (χ3n) is 2.57. The van der Waals surface area contributed by atoms with Crippen molar-refractivity contribution in [3.8, 4) is 6.07 Å². The highest BCUT2D eigenvalue weighted by molar-refractivity contribution is 7.98. The Morgan fingerprint density at radius 2 is 2.05 bits per heavy atom. The van der Waals surface area contributed by atoms with Crippen molar-refractivity contribution in [2.24, 2.45) is 0 Å². The average molecular weight is 329 g/mol. The molecule has 2 rings (SSSR count). The normalized spacial score (nSPS) is 11.2. The summed E-state index contributed by atoms with van der Waals surface area (Å²) in [5.41, 5.74) is 0.528. The van der Waals surface area contributed by atoms with Gasteiger partial charge in [0.15, 0.2) is 0 Å². The summed E-state index contributed by atoms with van der Waals surface area (Å²) in [7, 11) is 0. The van der Waals surface area contributed by atoms with Crippen LogP contribution >= 0.6 is 23.4 Å². The summed E-state index contributed by atoms with van der Waals surface area (Å²) in [4.78, 5) is 3.75. The molecule has 0 spiro atoms. The van der Waals surface area contributed by atoms with Gasteiger partial charge in [0.05, 0.1) is 22.2 Å². The van der Waals surface area contributed by atoms with Crippen LogP contribution in [0.1, 0.15) is 16.7 Å². The monoisotopic (exact) mass is 328 g/mol. The molecule has 108 valence electrons. The second-order valence-corrected chi connectivity index (χ2v) is 5.48. The van der Waals surface area contributed by atoms with Crippen LogP contribution < -0.4 is 0 Å². The predicted molar refractivity (Wildman–Crippen MR) is 75.0 cm³/mol. The van der Waals surface area contributed by atoms with E-state index >= 15 is 0 Å². The maximum absolute atomic E-state index is 12.5. The summed E-state index contributed by atoms with van der Waals surface area (Å²) in [5, 5.41) is 9.09. The van der Waals surface area contributed by atoms with E-state index in [-0.39, 0.29) is 5.02 Å². The Hall–Kier alpha value is -1.71. The molecular weight excluding hydrogens is 321 g/mol. The van der Waals surface area contributed by atoms with Gasteiger partial charge in [-0.25, -0.2) is 4.98 Å². The lowest BCUT2D eigenvalue weighted by molar-refractivity contribution is -0.137. The van der Waals surface area contributed by atoms with Gasteiger partial charge in [-0.2, -0.15) is 18.4 Å². The minimum Gasteiger partial charge on any atom is -0.248 e. The zero-order chi connectivity index (χ0) is 15.5. The van der Waals surface area contributed by atoms with Gasteiger partial charge >= 0.3 is 6.18 Å².